The molecular weight excluding hydrogens is 364 g/mol. The molecule has 0 aliphatic carbocycles. The van der Waals surface area contributed by atoms with Crippen molar-refractivity contribution in [1.29, 1.82) is 0 Å². The zero-order valence-corrected chi connectivity index (χ0v) is 16.2. The Hall–Kier alpha value is -2.54. The number of anilines is 2. The van der Waals surface area contributed by atoms with Gasteiger partial charge in [0.15, 0.2) is 0 Å². The number of rotatable bonds is 2. The summed E-state index contributed by atoms with van der Waals surface area (Å²) in [5.74, 6) is 0.395. The summed E-state index contributed by atoms with van der Waals surface area (Å²) in [6.45, 7) is 4.21. The highest BCUT2D eigenvalue weighted by atomic mass is 32.2. The number of carbonyl (C=O) groups is 1. The number of hydrogen-bond acceptors (Lipinski definition) is 4. The van der Waals surface area contributed by atoms with E-state index in [1.807, 2.05) is 31.2 Å². The molecule has 0 N–H and O–H groups in total. The molecule has 0 fully saturated rings. The van der Waals surface area contributed by atoms with Crippen molar-refractivity contribution in [2.24, 2.45) is 0 Å². The van der Waals surface area contributed by atoms with Crippen molar-refractivity contribution < 1.29 is 17.9 Å². The summed E-state index contributed by atoms with van der Waals surface area (Å²) < 4.78 is 34.0. The normalized spacial score (nSPS) is 19.1. The van der Waals surface area contributed by atoms with Gasteiger partial charge in [-0.05, 0) is 49.6 Å². The van der Waals surface area contributed by atoms with Crippen LogP contribution in [0.15, 0.2) is 47.4 Å². The molecule has 2 heterocycles. The molecule has 0 unspecified atom stereocenters. The van der Waals surface area contributed by atoms with Crippen LogP contribution in [0.25, 0.3) is 0 Å². The molecule has 0 saturated carbocycles. The minimum atomic E-state index is -3.73. The van der Waals surface area contributed by atoms with Crippen LogP contribution < -0.4 is 13.9 Å². The first-order chi connectivity index (χ1) is 12.9. The van der Waals surface area contributed by atoms with Gasteiger partial charge >= 0.3 is 0 Å². The third kappa shape index (κ3) is 3.06. The molecule has 2 aliphatic heterocycles. The molecule has 2 aliphatic rings. The molecule has 2 aromatic rings. The van der Waals surface area contributed by atoms with Crippen LogP contribution in [-0.4, -0.2) is 33.5 Å². The zero-order chi connectivity index (χ0) is 19.2. The molecule has 6 nitrogen and oxygen atoms in total. The van der Waals surface area contributed by atoms with E-state index in [1.54, 1.807) is 23.1 Å². The Morgan fingerprint density at radius 3 is 2.70 bits per heavy atom. The highest BCUT2D eigenvalue weighted by molar-refractivity contribution is 7.92. The Labute approximate surface area is 159 Å². The van der Waals surface area contributed by atoms with Crippen LogP contribution in [0, 0.1) is 0 Å². The van der Waals surface area contributed by atoms with Crippen LogP contribution in [0.3, 0.4) is 0 Å². The molecule has 2 aromatic carbocycles. The first kappa shape index (κ1) is 17.9. The second kappa shape index (κ2) is 6.56. The van der Waals surface area contributed by atoms with E-state index >= 15 is 0 Å². The lowest BCUT2D eigenvalue weighted by Gasteiger charge is -2.34. The smallest absolute Gasteiger partial charge is 0.264 e. The quantitative estimate of drug-likeness (QED) is 0.796. The van der Waals surface area contributed by atoms with Gasteiger partial charge in [-0.1, -0.05) is 18.2 Å². The van der Waals surface area contributed by atoms with Gasteiger partial charge in [-0.3, -0.25) is 9.10 Å². The summed E-state index contributed by atoms with van der Waals surface area (Å²) >= 11 is 0. The first-order valence-electron chi connectivity index (χ1n) is 9.07. The molecule has 1 atom stereocenters. The molecule has 0 saturated heterocycles. The second-order valence-electron chi connectivity index (χ2n) is 7.00. The lowest BCUT2D eigenvalue weighted by Crippen LogP contribution is -2.41. The van der Waals surface area contributed by atoms with E-state index in [0.29, 0.717) is 24.5 Å². The van der Waals surface area contributed by atoms with Crippen LogP contribution in [0.4, 0.5) is 11.4 Å². The van der Waals surface area contributed by atoms with Crippen molar-refractivity contribution in [3.63, 3.8) is 0 Å². The van der Waals surface area contributed by atoms with E-state index in [-0.39, 0.29) is 16.9 Å². The summed E-state index contributed by atoms with van der Waals surface area (Å²) in [6, 6.07) is 12.3. The third-order valence-electron chi connectivity index (χ3n) is 5.02. The SMILES string of the molecule is CC(=O)N1C[C@H](C)Oc2ccc(S(=O)(=O)N3CCCc4ccccc43)cc21. The maximum atomic E-state index is 13.4. The maximum Gasteiger partial charge on any atom is 0.264 e. The molecular formula is C20H22N2O4S. The fraction of sp³-hybridized carbons (Fsp3) is 0.350. The Balaban J connectivity index is 1.78. The van der Waals surface area contributed by atoms with E-state index in [2.05, 4.69) is 0 Å². The highest BCUT2D eigenvalue weighted by Crippen LogP contribution is 2.38. The number of ether oxygens (including phenoxy) is 1. The van der Waals surface area contributed by atoms with Crippen molar-refractivity contribution >= 4 is 27.3 Å². The fourth-order valence-corrected chi connectivity index (χ4v) is 5.31. The van der Waals surface area contributed by atoms with Crippen LogP contribution >= 0.6 is 0 Å². The predicted octanol–water partition coefficient (Wildman–Crippen LogP) is 2.96. The fourth-order valence-electron chi connectivity index (χ4n) is 3.75. The van der Waals surface area contributed by atoms with E-state index < -0.39 is 10.0 Å². The largest absolute Gasteiger partial charge is 0.487 e. The Bertz CT molecular complexity index is 1000. The maximum absolute atomic E-state index is 13.4. The van der Waals surface area contributed by atoms with E-state index in [4.69, 9.17) is 4.74 Å². The minimum absolute atomic E-state index is 0.135. The molecule has 0 aromatic heterocycles. The molecule has 142 valence electrons. The van der Waals surface area contributed by atoms with Crippen LogP contribution in [0.5, 0.6) is 5.75 Å². The molecule has 7 heteroatoms. The summed E-state index contributed by atoms with van der Waals surface area (Å²) in [5, 5.41) is 0. The summed E-state index contributed by atoms with van der Waals surface area (Å²) in [7, 11) is -3.73. The van der Waals surface area contributed by atoms with Crippen molar-refractivity contribution in [2.45, 2.75) is 37.7 Å². The average molecular weight is 386 g/mol. The minimum Gasteiger partial charge on any atom is -0.487 e. The second-order valence-corrected chi connectivity index (χ2v) is 8.86. The number of hydrogen-bond donors (Lipinski definition) is 0. The van der Waals surface area contributed by atoms with E-state index in [9.17, 15) is 13.2 Å². The number of aryl methyl sites for hydroxylation is 1. The number of carbonyl (C=O) groups excluding carboxylic acids is 1. The topological polar surface area (TPSA) is 66.9 Å². The Kier molecular flexibility index (Phi) is 4.34. The predicted molar refractivity (Wildman–Crippen MR) is 104 cm³/mol. The van der Waals surface area contributed by atoms with Gasteiger partial charge in [0.2, 0.25) is 5.91 Å². The molecule has 0 radical (unpaired) electrons. The van der Waals surface area contributed by atoms with Crippen molar-refractivity contribution in [3.8, 4) is 5.75 Å². The molecule has 4 rings (SSSR count). The number of benzene rings is 2. The summed E-state index contributed by atoms with van der Waals surface area (Å²) in [6.07, 6.45) is 1.51. The van der Waals surface area contributed by atoms with Gasteiger partial charge in [-0.2, -0.15) is 0 Å². The van der Waals surface area contributed by atoms with Crippen LogP contribution in [0.2, 0.25) is 0 Å². The van der Waals surface area contributed by atoms with Gasteiger partial charge in [-0.15, -0.1) is 0 Å². The average Bonchev–Trinajstić information content (AvgIpc) is 2.66. The lowest BCUT2D eigenvalue weighted by atomic mass is 10.0. The zero-order valence-electron chi connectivity index (χ0n) is 15.4. The number of sulfonamides is 1. The van der Waals surface area contributed by atoms with Crippen LogP contribution in [0.1, 0.15) is 25.8 Å². The van der Waals surface area contributed by atoms with Gasteiger partial charge in [0.05, 0.1) is 22.8 Å². The van der Waals surface area contributed by atoms with Gasteiger partial charge < -0.3 is 9.64 Å². The van der Waals surface area contributed by atoms with Gasteiger partial charge in [-0.25, -0.2) is 8.42 Å². The number of para-hydroxylation sites is 1. The standard InChI is InChI=1S/C20H22N2O4S/c1-14-13-21(15(2)23)19-12-17(9-10-20(19)26-14)27(24,25)22-11-5-7-16-6-3-4-8-18(16)22/h3-4,6,8-10,12,14H,5,7,11,13H2,1-2H3/t14-/m0/s1. The lowest BCUT2D eigenvalue weighted by molar-refractivity contribution is -0.117. The summed E-state index contributed by atoms with van der Waals surface area (Å²) in [5.41, 5.74) is 2.27. The molecule has 0 bridgehead atoms. The van der Waals surface area contributed by atoms with E-state index in [0.717, 1.165) is 24.1 Å². The number of nitrogens with zero attached hydrogens (tertiary/aromatic N) is 2. The Morgan fingerprint density at radius 2 is 1.93 bits per heavy atom. The summed E-state index contributed by atoms with van der Waals surface area (Å²) in [4.78, 5) is 13.8. The van der Waals surface area contributed by atoms with E-state index in [1.165, 1.54) is 11.2 Å². The molecule has 0 spiro atoms. The Morgan fingerprint density at radius 1 is 1.15 bits per heavy atom. The first-order valence-corrected chi connectivity index (χ1v) is 10.5. The van der Waals surface area contributed by atoms with Crippen molar-refractivity contribution in [2.75, 3.05) is 22.3 Å². The van der Waals surface area contributed by atoms with Crippen LogP contribution in [-0.2, 0) is 21.2 Å². The molecule has 27 heavy (non-hydrogen) atoms. The van der Waals surface area contributed by atoms with Gasteiger partial charge in [0, 0.05) is 13.5 Å². The number of amides is 1. The van der Waals surface area contributed by atoms with Gasteiger partial charge in [0.1, 0.15) is 11.9 Å². The van der Waals surface area contributed by atoms with Crippen molar-refractivity contribution in [3.05, 3.63) is 48.0 Å². The highest BCUT2D eigenvalue weighted by Gasteiger charge is 2.32. The third-order valence-corrected chi connectivity index (χ3v) is 6.83. The van der Waals surface area contributed by atoms with Crippen molar-refractivity contribution in [1.82, 2.24) is 0 Å². The number of fused-ring (bicyclic) bond motifs is 2. The molecule has 1 amide bonds. The van der Waals surface area contributed by atoms with Gasteiger partial charge in [0.25, 0.3) is 10.0 Å². The monoisotopic (exact) mass is 386 g/mol.